The molecule has 5 rings (SSSR count). The van der Waals surface area contributed by atoms with E-state index in [4.69, 9.17) is 21.8 Å². The number of carboxylic acid groups (broad SMARTS) is 2. The predicted molar refractivity (Wildman–Crippen MR) is 129 cm³/mol. The number of carbonyl (C=O) groups excluding carboxylic acids is 4. The van der Waals surface area contributed by atoms with Gasteiger partial charge in [0.1, 0.15) is 5.75 Å². The molecule has 1 saturated carbocycles. The lowest BCUT2D eigenvalue weighted by Gasteiger charge is -2.44. The van der Waals surface area contributed by atoms with Gasteiger partial charge in [-0.15, -0.1) is 0 Å². The smallest absolute Gasteiger partial charge is 0.305 e. The summed E-state index contributed by atoms with van der Waals surface area (Å²) in [6.45, 7) is -0.558. The lowest BCUT2D eigenvalue weighted by Crippen LogP contribution is -2.43. The van der Waals surface area contributed by atoms with Crippen LogP contribution in [0.5, 0.6) is 5.75 Å². The van der Waals surface area contributed by atoms with Gasteiger partial charge in [-0.1, -0.05) is 23.3 Å². The molecule has 11 nitrogen and oxygen atoms in total. The van der Waals surface area contributed by atoms with Gasteiger partial charge in [0.15, 0.2) is 0 Å². The van der Waals surface area contributed by atoms with Gasteiger partial charge in [0.05, 0.1) is 36.5 Å². The zero-order valence-electron chi connectivity index (χ0n) is 20.1. The molecule has 0 spiro atoms. The molecule has 2 saturated heterocycles. The Kier molecular flexibility index (Phi) is 6.50. The second-order valence-electron chi connectivity index (χ2n) is 10.2. The topological polar surface area (TPSA) is 170 Å². The zero-order valence-corrected chi connectivity index (χ0v) is 20.8. The van der Waals surface area contributed by atoms with Gasteiger partial charge in [-0.2, -0.15) is 0 Å². The van der Waals surface area contributed by atoms with Crippen LogP contribution in [0, 0.1) is 29.6 Å². The van der Waals surface area contributed by atoms with Crippen LogP contribution in [0.25, 0.3) is 0 Å². The normalized spacial score (nSPS) is 30.2. The van der Waals surface area contributed by atoms with E-state index in [9.17, 15) is 33.9 Å². The van der Waals surface area contributed by atoms with E-state index in [0.29, 0.717) is 11.1 Å². The number of rotatable bonds is 7. The van der Waals surface area contributed by atoms with Crippen LogP contribution >= 0.6 is 11.6 Å². The Balaban J connectivity index is 1.58. The molecule has 0 radical (unpaired) electrons. The summed E-state index contributed by atoms with van der Waals surface area (Å²) in [5, 5.41) is 29.2. The third-order valence-corrected chi connectivity index (χ3v) is 8.49. The Morgan fingerprint density at radius 1 is 0.842 bits per heavy atom. The molecule has 3 N–H and O–H groups in total. The fourth-order valence-corrected chi connectivity index (χ4v) is 6.88. The van der Waals surface area contributed by atoms with Crippen molar-refractivity contribution in [2.24, 2.45) is 29.6 Å². The second-order valence-corrected chi connectivity index (χ2v) is 10.6. The maximum atomic E-state index is 13.5. The molecule has 2 aliphatic heterocycles. The first-order valence-corrected chi connectivity index (χ1v) is 12.7. The maximum Gasteiger partial charge on any atom is 0.305 e. The number of hydrogen-bond donors (Lipinski definition) is 3. The number of likely N-dealkylation sites (tertiary alicyclic amines) is 2. The van der Waals surface area contributed by atoms with E-state index >= 15 is 0 Å². The van der Waals surface area contributed by atoms with E-state index in [2.05, 4.69) is 0 Å². The Bertz CT molecular complexity index is 1310. The maximum absolute atomic E-state index is 13.5. The van der Waals surface area contributed by atoms with Gasteiger partial charge in [0.2, 0.25) is 23.6 Å². The summed E-state index contributed by atoms with van der Waals surface area (Å²) in [5.41, 5.74) is 0.954. The molecular formula is C26H25ClN2O9. The molecule has 12 heteroatoms. The van der Waals surface area contributed by atoms with Crippen LogP contribution in [0.15, 0.2) is 29.8 Å². The minimum Gasteiger partial charge on any atom is -0.508 e. The highest BCUT2D eigenvalue weighted by atomic mass is 35.5. The highest BCUT2D eigenvalue weighted by molar-refractivity contribution is 6.30. The number of allylic oxidation sites excluding steroid dienone is 2. The standard InChI is InChI=1S/C26H25ClN2O9/c27-11-1-4-17(30)15(9-11)20-12-2-3-13-21(25(37)28(23(13)35)7-5-18(31)32)14(12)10-16-22(20)26(38)29(24(16)36)8-6-19(33)34/h1-2,4,9,13-14,16,20-22,30H,3,5-8,10H2,(H,31,32)(H,33,34)/t13-,14+,16+,20+,21-,22+/m0/s1. The van der Waals surface area contributed by atoms with E-state index in [0.717, 1.165) is 9.80 Å². The van der Waals surface area contributed by atoms with Crippen molar-refractivity contribution in [2.45, 2.75) is 31.6 Å². The number of phenols is 1. The van der Waals surface area contributed by atoms with Crippen LogP contribution in [-0.4, -0.2) is 73.8 Å². The van der Waals surface area contributed by atoms with Crippen molar-refractivity contribution < 1.29 is 44.1 Å². The fourth-order valence-electron chi connectivity index (χ4n) is 6.70. The molecule has 0 aromatic heterocycles. The number of benzene rings is 1. The van der Waals surface area contributed by atoms with Crippen molar-refractivity contribution in [1.29, 1.82) is 0 Å². The molecule has 0 bridgehead atoms. The Hall–Kier alpha value is -3.73. The van der Waals surface area contributed by atoms with E-state index < -0.39 is 83.9 Å². The van der Waals surface area contributed by atoms with Gasteiger partial charge in [0, 0.05) is 29.6 Å². The Morgan fingerprint density at radius 3 is 2.03 bits per heavy atom. The van der Waals surface area contributed by atoms with Crippen molar-refractivity contribution in [1.82, 2.24) is 9.80 Å². The van der Waals surface area contributed by atoms with Crippen LogP contribution in [0.3, 0.4) is 0 Å². The van der Waals surface area contributed by atoms with Crippen molar-refractivity contribution in [3.05, 3.63) is 40.4 Å². The number of aliphatic carboxylic acids is 2. The molecule has 0 unspecified atom stereocenters. The number of amides is 4. The highest BCUT2D eigenvalue weighted by Gasteiger charge is 2.62. The summed E-state index contributed by atoms with van der Waals surface area (Å²) in [4.78, 5) is 77.6. The average molecular weight is 545 g/mol. The number of phenolic OH excluding ortho intramolecular Hbond substituents is 1. The first-order chi connectivity index (χ1) is 18.0. The van der Waals surface area contributed by atoms with E-state index in [1.165, 1.54) is 18.2 Å². The number of hydrogen-bond acceptors (Lipinski definition) is 7. The van der Waals surface area contributed by atoms with E-state index in [1.807, 2.05) is 0 Å². The fraction of sp³-hybridized carbons (Fsp3) is 0.462. The number of aromatic hydroxyl groups is 1. The largest absolute Gasteiger partial charge is 0.508 e. The monoisotopic (exact) mass is 544 g/mol. The quantitative estimate of drug-likeness (QED) is 0.341. The number of fused-ring (bicyclic) bond motifs is 4. The van der Waals surface area contributed by atoms with Crippen molar-refractivity contribution in [2.75, 3.05) is 13.1 Å². The molecule has 3 fully saturated rings. The second kappa shape index (κ2) is 9.54. The molecule has 6 atom stereocenters. The summed E-state index contributed by atoms with van der Waals surface area (Å²) < 4.78 is 0. The lowest BCUT2D eigenvalue weighted by atomic mass is 9.57. The van der Waals surface area contributed by atoms with Crippen LogP contribution in [0.1, 0.15) is 37.2 Å². The average Bonchev–Trinajstić information content (AvgIpc) is 3.25. The summed E-state index contributed by atoms with van der Waals surface area (Å²) in [6.07, 6.45) is 1.25. The van der Waals surface area contributed by atoms with Gasteiger partial charge in [-0.05, 0) is 37.0 Å². The molecule has 4 aliphatic rings. The van der Waals surface area contributed by atoms with Crippen LogP contribution < -0.4 is 0 Å². The molecule has 1 aromatic rings. The molecule has 4 amide bonds. The van der Waals surface area contributed by atoms with Crippen molar-refractivity contribution in [3.8, 4) is 5.75 Å². The molecular weight excluding hydrogens is 520 g/mol. The molecule has 38 heavy (non-hydrogen) atoms. The summed E-state index contributed by atoms with van der Waals surface area (Å²) in [7, 11) is 0. The van der Waals surface area contributed by atoms with Gasteiger partial charge in [-0.3, -0.25) is 38.6 Å². The molecule has 2 heterocycles. The summed E-state index contributed by atoms with van der Waals surface area (Å²) in [6, 6.07) is 4.36. The lowest BCUT2D eigenvalue weighted by molar-refractivity contribution is -0.145. The molecule has 200 valence electrons. The minimum atomic E-state index is -1.17. The zero-order chi connectivity index (χ0) is 27.5. The predicted octanol–water partition coefficient (Wildman–Crippen LogP) is 1.63. The van der Waals surface area contributed by atoms with Crippen molar-refractivity contribution in [3.63, 3.8) is 0 Å². The first-order valence-electron chi connectivity index (χ1n) is 12.3. The minimum absolute atomic E-state index is 0.0927. The number of carboxylic acids is 2. The number of imide groups is 2. The van der Waals surface area contributed by atoms with Crippen LogP contribution in [0.2, 0.25) is 5.02 Å². The SMILES string of the molecule is O=C(O)CCN1C(=O)[C@H]2[C@H](CC=C3[C@H]2C[C@H]2C(=O)N(CCC(=O)O)C(=O)[C@H]2[C@H]3c2cc(Cl)ccc2O)C1=O. The van der Waals surface area contributed by atoms with E-state index in [-0.39, 0.29) is 36.7 Å². The van der Waals surface area contributed by atoms with Gasteiger partial charge in [-0.25, -0.2) is 0 Å². The number of halogens is 1. The van der Waals surface area contributed by atoms with E-state index in [1.54, 1.807) is 6.08 Å². The van der Waals surface area contributed by atoms with Gasteiger partial charge >= 0.3 is 11.9 Å². The van der Waals surface area contributed by atoms with Crippen molar-refractivity contribution >= 4 is 47.2 Å². The number of nitrogens with zero attached hydrogens (tertiary/aromatic N) is 2. The summed E-state index contributed by atoms with van der Waals surface area (Å²) >= 11 is 6.23. The third-order valence-electron chi connectivity index (χ3n) is 8.25. The van der Waals surface area contributed by atoms with Crippen LogP contribution in [0.4, 0.5) is 0 Å². The van der Waals surface area contributed by atoms with Crippen LogP contribution in [-0.2, 0) is 28.8 Å². The van der Waals surface area contributed by atoms with Gasteiger partial charge < -0.3 is 15.3 Å². The first kappa shape index (κ1) is 25.9. The Morgan fingerprint density at radius 2 is 1.42 bits per heavy atom. The number of carbonyl (C=O) groups is 6. The molecule has 2 aliphatic carbocycles. The third kappa shape index (κ3) is 4.05. The molecule has 1 aromatic carbocycles. The Labute approximate surface area is 221 Å². The van der Waals surface area contributed by atoms with Gasteiger partial charge in [0.25, 0.3) is 0 Å². The highest BCUT2D eigenvalue weighted by Crippen LogP contribution is 2.58. The summed E-state index contributed by atoms with van der Waals surface area (Å²) in [5.74, 6) is -9.34.